The highest BCUT2D eigenvalue weighted by atomic mass is 32.1. The monoisotopic (exact) mass is 548 g/mol. The molecule has 0 aliphatic carbocycles. The van der Waals surface area contributed by atoms with E-state index in [0.717, 1.165) is 11.4 Å². The molecular formula is C36H24N2S2. The summed E-state index contributed by atoms with van der Waals surface area (Å²) in [7, 11) is 0. The van der Waals surface area contributed by atoms with E-state index in [-0.39, 0.29) is 0 Å². The van der Waals surface area contributed by atoms with Crippen molar-refractivity contribution in [3.8, 4) is 33.4 Å². The summed E-state index contributed by atoms with van der Waals surface area (Å²) in [6.45, 7) is 0. The predicted octanol–water partition coefficient (Wildman–Crippen LogP) is 10.6. The Kier molecular flexibility index (Phi) is 5.21. The van der Waals surface area contributed by atoms with Crippen LogP contribution in [0.25, 0.3) is 73.7 Å². The van der Waals surface area contributed by atoms with Crippen LogP contribution in [0.15, 0.2) is 121 Å². The molecule has 0 aliphatic rings. The molecular weight excluding hydrogens is 525 g/mol. The molecule has 4 N–H and O–H groups in total. The highest BCUT2D eigenvalue weighted by Gasteiger charge is 2.13. The molecule has 0 aliphatic heterocycles. The first kappa shape index (κ1) is 23.3. The maximum Gasteiger partial charge on any atom is 0.0433 e. The van der Waals surface area contributed by atoms with Gasteiger partial charge in [-0.15, -0.1) is 22.7 Å². The summed E-state index contributed by atoms with van der Waals surface area (Å²) in [5.41, 5.74) is 21.2. The number of hydrogen-bond donors (Lipinski definition) is 2. The average molecular weight is 549 g/mol. The fraction of sp³-hybridized carbons (Fsp3) is 0. The second kappa shape index (κ2) is 8.95. The summed E-state index contributed by atoms with van der Waals surface area (Å²) in [5.74, 6) is 0. The van der Waals surface area contributed by atoms with E-state index in [4.69, 9.17) is 11.5 Å². The zero-order valence-electron chi connectivity index (χ0n) is 21.5. The maximum atomic E-state index is 6.12. The van der Waals surface area contributed by atoms with Crippen LogP contribution in [-0.2, 0) is 0 Å². The van der Waals surface area contributed by atoms with Gasteiger partial charge in [0.2, 0.25) is 0 Å². The van der Waals surface area contributed by atoms with Crippen LogP contribution in [0.3, 0.4) is 0 Å². The SMILES string of the molecule is Nc1ccc2sc3c(-c4cccc(-c5cccc(-c6cccc7c6sc6ccc(N)cc67)c5)c4)cccc3c2c1. The first-order valence-corrected chi connectivity index (χ1v) is 14.9. The molecule has 4 heteroatoms. The van der Waals surface area contributed by atoms with E-state index in [0.29, 0.717) is 0 Å². The van der Waals surface area contributed by atoms with Crippen molar-refractivity contribution in [1.82, 2.24) is 0 Å². The molecule has 40 heavy (non-hydrogen) atoms. The molecule has 2 nitrogen and oxygen atoms in total. The molecule has 0 bridgehead atoms. The molecule has 0 radical (unpaired) electrons. The van der Waals surface area contributed by atoms with Gasteiger partial charge in [-0.3, -0.25) is 0 Å². The van der Waals surface area contributed by atoms with Crippen LogP contribution in [0.2, 0.25) is 0 Å². The Morgan fingerprint density at radius 2 is 0.800 bits per heavy atom. The second-order valence-electron chi connectivity index (χ2n) is 10.2. The lowest BCUT2D eigenvalue weighted by Crippen LogP contribution is -1.84. The Hall–Kier alpha value is -4.64. The van der Waals surface area contributed by atoms with Crippen LogP contribution in [-0.4, -0.2) is 0 Å². The third kappa shape index (κ3) is 3.69. The van der Waals surface area contributed by atoms with Gasteiger partial charge < -0.3 is 11.5 Å². The van der Waals surface area contributed by atoms with Crippen molar-refractivity contribution >= 4 is 74.4 Å². The number of thiophene rings is 2. The lowest BCUT2D eigenvalue weighted by molar-refractivity contribution is 1.60. The van der Waals surface area contributed by atoms with Gasteiger partial charge in [-0.05, 0) is 81.9 Å². The number of benzene rings is 6. The predicted molar refractivity (Wildman–Crippen MR) is 177 cm³/mol. The van der Waals surface area contributed by atoms with Gasteiger partial charge >= 0.3 is 0 Å². The van der Waals surface area contributed by atoms with E-state index in [1.54, 1.807) is 0 Å². The van der Waals surface area contributed by atoms with E-state index >= 15 is 0 Å². The molecule has 0 fully saturated rings. The third-order valence-electron chi connectivity index (χ3n) is 7.72. The van der Waals surface area contributed by atoms with Gasteiger partial charge in [0, 0.05) is 51.7 Å². The highest BCUT2D eigenvalue weighted by molar-refractivity contribution is 7.26. The number of rotatable bonds is 3. The van der Waals surface area contributed by atoms with Crippen LogP contribution >= 0.6 is 22.7 Å². The molecule has 2 heterocycles. The molecule has 2 aromatic heterocycles. The lowest BCUT2D eigenvalue weighted by Gasteiger charge is -2.10. The molecule has 6 aromatic carbocycles. The van der Waals surface area contributed by atoms with Gasteiger partial charge in [0.15, 0.2) is 0 Å². The number of anilines is 2. The summed E-state index contributed by atoms with van der Waals surface area (Å²) < 4.78 is 5.12. The molecule has 0 spiro atoms. The Morgan fingerprint density at radius 3 is 1.27 bits per heavy atom. The van der Waals surface area contributed by atoms with Crippen molar-refractivity contribution in [2.24, 2.45) is 0 Å². The van der Waals surface area contributed by atoms with Gasteiger partial charge in [-0.2, -0.15) is 0 Å². The molecule has 8 rings (SSSR count). The maximum absolute atomic E-state index is 6.12. The standard InChI is InChI=1S/C36H24N2S2/c37-25-13-15-33-31(19-25)29-11-3-9-27(35(29)39-33)23-7-1-5-21(17-23)22-6-2-8-24(18-22)28-10-4-12-30-32-20-26(38)14-16-34(32)40-36(28)30/h1-20H,37-38H2. The van der Waals surface area contributed by atoms with Crippen LogP contribution in [0, 0.1) is 0 Å². The second-order valence-corrected chi connectivity index (χ2v) is 12.3. The smallest absolute Gasteiger partial charge is 0.0433 e. The van der Waals surface area contributed by atoms with Gasteiger partial charge in [-0.1, -0.05) is 72.8 Å². The van der Waals surface area contributed by atoms with E-state index in [1.807, 2.05) is 34.8 Å². The summed E-state index contributed by atoms with van der Waals surface area (Å²) in [5, 5.41) is 4.97. The van der Waals surface area contributed by atoms with E-state index < -0.39 is 0 Å². The van der Waals surface area contributed by atoms with Crippen molar-refractivity contribution < 1.29 is 0 Å². The van der Waals surface area contributed by atoms with Crippen molar-refractivity contribution in [3.05, 3.63) is 121 Å². The van der Waals surface area contributed by atoms with Gasteiger partial charge in [-0.25, -0.2) is 0 Å². The third-order valence-corrected chi connectivity index (χ3v) is 10.2. The van der Waals surface area contributed by atoms with Crippen LogP contribution in [0.1, 0.15) is 0 Å². The number of nitrogens with two attached hydrogens (primary N) is 2. The number of fused-ring (bicyclic) bond motifs is 6. The lowest BCUT2D eigenvalue weighted by atomic mass is 9.95. The summed E-state index contributed by atoms with van der Waals surface area (Å²) in [6.07, 6.45) is 0. The fourth-order valence-electron chi connectivity index (χ4n) is 5.82. The summed E-state index contributed by atoms with van der Waals surface area (Å²) >= 11 is 3.67. The fourth-order valence-corrected chi connectivity index (χ4v) is 8.26. The Bertz CT molecular complexity index is 2090. The van der Waals surface area contributed by atoms with E-state index in [2.05, 4.69) is 109 Å². The van der Waals surface area contributed by atoms with Crippen molar-refractivity contribution in [2.45, 2.75) is 0 Å². The Morgan fingerprint density at radius 1 is 0.375 bits per heavy atom. The van der Waals surface area contributed by atoms with Crippen molar-refractivity contribution in [3.63, 3.8) is 0 Å². The minimum atomic E-state index is 0.801. The zero-order valence-corrected chi connectivity index (χ0v) is 23.2. The number of hydrogen-bond acceptors (Lipinski definition) is 4. The summed E-state index contributed by atoms with van der Waals surface area (Å²) in [4.78, 5) is 0. The first-order chi connectivity index (χ1) is 19.6. The Balaban J connectivity index is 1.25. The Labute approximate surface area is 239 Å². The van der Waals surface area contributed by atoms with Crippen LogP contribution < -0.4 is 11.5 Å². The molecule has 0 unspecified atom stereocenters. The number of nitrogen functional groups attached to an aromatic ring is 2. The van der Waals surface area contributed by atoms with Gasteiger partial charge in [0.25, 0.3) is 0 Å². The molecule has 0 saturated carbocycles. The minimum Gasteiger partial charge on any atom is -0.399 e. The van der Waals surface area contributed by atoms with Crippen LogP contribution in [0.4, 0.5) is 11.4 Å². The molecule has 190 valence electrons. The van der Waals surface area contributed by atoms with E-state index in [9.17, 15) is 0 Å². The first-order valence-electron chi connectivity index (χ1n) is 13.3. The molecule has 0 amide bonds. The molecule has 0 atom stereocenters. The molecule has 0 saturated heterocycles. The van der Waals surface area contributed by atoms with Crippen LogP contribution in [0.5, 0.6) is 0 Å². The van der Waals surface area contributed by atoms with Crippen molar-refractivity contribution in [1.29, 1.82) is 0 Å². The highest BCUT2D eigenvalue weighted by Crippen LogP contribution is 2.43. The average Bonchev–Trinajstić information content (AvgIpc) is 3.55. The van der Waals surface area contributed by atoms with Crippen molar-refractivity contribution in [2.75, 3.05) is 11.5 Å². The topological polar surface area (TPSA) is 52.0 Å². The largest absolute Gasteiger partial charge is 0.399 e. The normalized spacial score (nSPS) is 11.7. The van der Waals surface area contributed by atoms with E-state index in [1.165, 1.54) is 73.7 Å². The summed E-state index contributed by atoms with van der Waals surface area (Å²) in [6, 6.07) is 43.4. The molecule has 8 aromatic rings. The van der Waals surface area contributed by atoms with Gasteiger partial charge in [0.05, 0.1) is 0 Å². The zero-order chi connectivity index (χ0) is 26.8. The quantitative estimate of drug-likeness (QED) is 0.216. The van der Waals surface area contributed by atoms with Gasteiger partial charge in [0.1, 0.15) is 0 Å². The minimum absolute atomic E-state index is 0.801.